The van der Waals surface area contributed by atoms with Crippen LogP contribution in [0, 0.1) is 6.92 Å². The molecule has 1 aromatic heterocycles. The zero-order valence-corrected chi connectivity index (χ0v) is 15.5. The predicted octanol–water partition coefficient (Wildman–Crippen LogP) is 3.92. The molecule has 0 saturated heterocycles. The zero-order valence-electron chi connectivity index (χ0n) is 14.7. The number of aromatic amines is 1. The van der Waals surface area contributed by atoms with Gasteiger partial charge in [-0.25, -0.2) is 0 Å². The van der Waals surface area contributed by atoms with Crippen LogP contribution in [-0.4, -0.2) is 26.2 Å². The number of aliphatic hydroxyl groups excluding tert-OH is 2. The van der Waals surface area contributed by atoms with E-state index in [4.69, 9.17) is 11.6 Å². The molecule has 6 heteroatoms. The van der Waals surface area contributed by atoms with E-state index in [1.807, 2.05) is 19.1 Å². The fraction of sp³-hybridized carbons (Fsp3) is 0.143. The second-order valence-electron chi connectivity index (χ2n) is 6.17. The summed E-state index contributed by atoms with van der Waals surface area (Å²) in [5.74, 6) is -0.124. The number of hydrogen-bond acceptors (Lipinski definition) is 4. The Labute approximate surface area is 161 Å². The minimum atomic E-state index is -0.157. The smallest absolute Gasteiger partial charge is 0.185 e. The number of aromatic nitrogens is 2. The number of benzene rings is 2. The van der Waals surface area contributed by atoms with Crippen molar-refractivity contribution in [2.75, 3.05) is 0 Å². The number of aryl methyl sites for hydroxylation is 1. The van der Waals surface area contributed by atoms with E-state index in [1.54, 1.807) is 36.4 Å². The minimum absolute atomic E-state index is 0.124. The molecule has 5 nitrogen and oxygen atoms in total. The monoisotopic (exact) mass is 382 g/mol. The highest BCUT2D eigenvalue weighted by Crippen LogP contribution is 2.22. The number of aliphatic hydroxyl groups is 2. The quantitative estimate of drug-likeness (QED) is 0.445. The summed E-state index contributed by atoms with van der Waals surface area (Å²) in [5.41, 5.74) is 4.94. The van der Waals surface area contributed by atoms with Crippen LogP contribution in [0.1, 0.15) is 32.7 Å². The van der Waals surface area contributed by atoms with Crippen molar-refractivity contribution in [1.82, 2.24) is 10.2 Å². The highest BCUT2D eigenvalue weighted by Gasteiger charge is 2.08. The van der Waals surface area contributed by atoms with Crippen molar-refractivity contribution in [3.63, 3.8) is 0 Å². The highest BCUT2D eigenvalue weighted by atomic mass is 35.5. The highest BCUT2D eigenvalue weighted by molar-refractivity contribution is 6.31. The fourth-order valence-electron chi connectivity index (χ4n) is 2.72. The molecule has 3 N–H and O–H groups in total. The first-order valence-corrected chi connectivity index (χ1v) is 8.77. The summed E-state index contributed by atoms with van der Waals surface area (Å²) < 4.78 is 0. The summed E-state index contributed by atoms with van der Waals surface area (Å²) in [4.78, 5) is 12.3. The second kappa shape index (κ2) is 8.31. The number of halogens is 1. The zero-order chi connectivity index (χ0) is 19.4. The van der Waals surface area contributed by atoms with E-state index in [1.165, 1.54) is 6.08 Å². The first-order chi connectivity index (χ1) is 13.0. The van der Waals surface area contributed by atoms with Gasteiger partial charge in [0.05, 0.1) is 24.6 Å². The van der Waals surface area contributed by atoms with Crippen molar-refractivity contribution >= 4 is 23.5 Å². The molecule has 0 aliphatic rings. The van der Waals surface area contributed by atoms with Gasteiger partial charge in [-0.05, 0) is 66.1 Å². The third-order valence-electron chi connectivity index (χ3n) is 4.30. The molecule has 3 aromatic rings. The first kappa shape index (κ1) is 19.0. The molecular weight excluding hydrogens is 364 g/mol. The number of allylic oxidation sites excluding steroid dienone is 1. The molecule has 0 unspecified atom stereocenters. The van der Waals surface area contributed by atoms with Crippen LogP contribution in [-0.2, 0) is 13.2 Å². The molecule has 0 radical (unpaired) electrons. The van der Waals surface area contributed by atoms with Gasteiger partial charge in [0.2, 0.25) is 0 Å². The van der Waals surface area contributed by atoms with Crippen molar-refractivity contribution in [2.45, 2.75) is 20.1 Å². The lowest BCUT2D eigenvalue weighted by molar-refractivity contribution is 0.104. The van der Waals surface area contributed by atoms with Crippen molar-refractivity contribution in [2.24, 2.45) is 0 Å². The van der Waals surface area contributed by atoms with E-state index < -0.39 is 0 Å². The third-order valence-corrected chi connectivity index (χ3v) is 4.72. The average Bonchev–Trinajstić information content (AvgIpc) is 3.16. The normalized spacial score (nSPS) is 11.3. The average molecular weight is 383 g/mol. The standard InChI is InChI=1S/C21H19ClN2O3/c1-13-8-15(4-6-19(13)22)21(27)7-5-18-10-20(24-23-18)14-2-3-16(11-25)17(9-14)12-26/h2-10,25-26H,11-12H2,1H3,(H,23,24)/b7-5+. The van der Waals surface area contributed by atoms with Crippen LogP contribution in [0.4, 0.5) is 0 Å². The molecule has 0 amide bonds. The Balaban J connectivity index is 1.78. The maximum atomic E-state index is 12.3. The van der Waals surface area contributed by atoms with Crippen LogP contribution >= 0.6 is 11.6 Å². The van der Waals surface area contributed by atoms with E-state index in [-0.39, 0.29) is 19.0 Å². The van der Waals surface area contributed by atoms with Gasteiger partial charge in [0.25, 0.3) is 0 Å². The molecular formula is C21H19ClN2O3. The van der Waals surface area contributed by atoms with Crippen LogP contribution in [0.5, 0.6) is 0 Å². The lowest BCUT2D eigenvalue weighted by Crippen LogP contribution is -1.94. The topological polar surface area (TPSA) is 86.2 Å². The van der Waals surface area contributed by atoms with Crippen LogP contribution in [0.2, 0.25) is 5.02 Å². The van der Waals surface area contributed by atoms with E-state index in [0.29, 0.717) is 33.1 Å². The summed E-state index contributed by atoms with van der Waals surface area (Å²) >= 11 is 5.99. The molecule has 0 saturated carbocycles. The maximum Gasteiger partial charge on any atom is 0.185 e. The molecule has 0 bridgehead atoms. The Kier molecular flexibility index (Phi) is 5.86. The predicted molar refractivity (Wildman–Crippen MR) is 105 cm³/mol. The van der Waals surface area contributed by atoms with Gasteiger partial charge in [0, 0.05) is 16.1 Å². The van der Waals surface area contributed by atoms with Gasteiger partial charge in [0.15, 0.2) is 5.78 Å². The molecule has 0 atom stereocenters. The van der Waals surface area contributed by atoms with Crippen molar-refractivity contribution < 1.29 is 15.0 Å². The minimum Gasteiger partial charge on any atom is -0.392 e. The molecule has 0 aliphatic heterocycles. The fourth-order valence-corrected chi connectivity index (χ4v) is 2.83. The Morgan fingerprint density at radius 1 is 1.11 bits per heavy atom. The Bertz CT molecular complexity index is 1010. The molecule has 27 heavy (non-hydrogen) atoms. The number of rotatable bonds is 6. The summed E-state index contributed by atoms with van der Waals surface area (Å²) in [6.45, 7) is 1.57. The molecule has 1 heterocycles. The van der Waals surface area contributed by atoms with Gasteiger partial charge in [-0.2, -0.15) is 5.10 Å². The largest absolute Gasteiger partial charge is 0.392 e. The number of carbonyl (C=O) groups is 1. The molecule has 0 fully saturated rings. The molecule has 138 valence electrons. The first-order valence-electron chi connectivity index (χ1n) is 8.39. The summed E-state index contributed by atoms with van der Waals surface area (Å²) in [7, 11) is 0. The number of hydrogen-bond donors (Lipinski definition) is 3. The summed E-state index contributed by atoms with van der Waals surface area (Å²) in [5, 5.41) is 26.5. The number of ketones is 1. The third kappa shape index (κ3) is 4.34. The molecule has 3 rings (SSSR count). The Hall–Kier alpha value is -2.73. The number of nitrogens with one attached hydrogen (secondary N) is 1. The van der Waals surface area contributed by atoms with Crippen molar-refractivity contribution in [1.29, 1.82) is 0 Å². The van der Waals surface area contributed by atoms with Crippen LogP contribution in [0.3, 0.4) is 0 Å². The molecule has 0 aliphatic carbocycles. The maximum absolute atomic E-state index is 12.3. The molecule has 0 spiro atoms. The lowest BCUT2D eigenvalue weighted by Gasteiger charge is -2.06. The van der Waals surface area contributed by atoms with E-state index >= 15 is 0 Å². The van der Waals surface area contributed by atoms with Gasteiger partial charge >= 0.3 is 0 Å². The van der Waals surface area contributed by atoms with Gasteiger partial charge < -0.3 is 10.2 Å². The van der Waals surface area contributed by atoms with E-state index in [9.17, 15) is 15.0 Å². The van der Waals surface area contributed by atoms with E-state index in [0.717, 1.165) is 11.1 Å². The summed E-state index contributed by atoms with van der Waals surface area (Å²) in [6, 6.07) is 12.4. The Morgan fingerprint density at radius 2 is 1.89 bits per heavy atom. The number of carbonyl (C=O) groups excluding carboxylic acids is 1. The van der Waals surface area contributed by atoms with Gasteiger partial charge in [-0.1, -0.05) is 23.7 Å². The van der Waals surface area contributed by atoms with Crippen molar-refractivity contribution in [3.05, 3.63) is 81.5 Å². The number of H-pyrrole nitrogens is 1. The van der Waals surface area contributed by atoms with E-state index in [2.05, 4.69) is 10.2 Å². The SMILES string of the molecule is Cc1cc(C(=O)/C=C/c2cc(-c3ccc(CO)c(CO)c3)n[nH]2)ccc1Cl. The van der Waals surface area contributed by atoms with Gasteiger partial charge in [-0.15, -0.1) is 0 Å². The molecule has 2 aromatic carbocycles. The lowest BCUT2D eigenvalue weighted by atomic mass is 10.0. The Morgan fingerprint density at radius 3 is 2.59 bits per heavy atom. The van der Waals surface area contributed by atoms with Crippen molar-refractivity contribution in [3.8, 4) is 11.3 Å². The van der Waals surface area contributed by atoms with Crippen LogP contribution in [0.15, 0.2) is 48.5 Å². The summed E-state index contributed by atoms with van der Waals surface area (Å²) in [6.07, 6.45) is 3.14. The number of nitrogens with zero attached hydrogens (tertiary/aromatic N) is 1. The second-order valence-corrected chi connectivity index (χ2v) is 6.58. The van der Waals surface area contributed by atoms with Gasteiger partial charge in [-0.3, -0.25) is 9.89 Å². The van der Waals surface area contributed by atoms with Crippen LogP contribution < -0.4 is 0 Å². The van der Waals surface area contributed by atoms with Gasteiger partial charge in [0.1, 0.15) is 0 Å². The van der Waals surface area contributed by atoms with Crippen LogP contribution in [0.25, 0.3) is 17.3 Å².